The number of hydrogen-bond donors (Lipinski definition) is 2. The van der Waals surface area contributed by atoms with Crippen LogP contribution >= 0.6 is 11.8 Å². The summed E-state index contributed by atoms with van der Waals surface area (Å²) in [4.78, 5) is 22.3. The monoisotopic (exact) mass is 361 g/mol. The number of carbonyl (C=O) groups excluding carboxylic acids is 1. The van der Waals surface area contributed by atoms with Gasteiger partial charge in [0.15, 0.2) is 5.17 Å². The van der Waals surface area contributed by atoms with Gasteiger partial charge in [0.25, 0.3) is 0 Å². The molecule has 132 valence electrons. The van der Waals surface area contributed by atoms with Gasteiger partial charge in [-0.2, -0.15) is 5.10 Å². The zero-order valence-electron chi connectivity index (χ0n) is 13.6. The molecule has 1 atom stereocenters. The normalized spacial score (nSPS) is 22.6. The van der Waals surface area contributed by atoms with Gasteiger partial charge in [0.2, 0.25) is 5.91 Å². The van der Waals surface area contributed by atoms with E-state index < -0.39 is 11.2 Å². The zero-order chi connectivity index (χ0) is 17.6. The smallest absolute Gasteiger partial charge is 0.305 e. The first-order chi connectivity index (χ1) is 12.1. The van der Waals surface area contributed by atoms with E-state index in [0.717, 1.165) is 35.9 Å². The zero-order valence-corrected chi connectivity index (χ0v) is 14.4. The van der Waals surface area contributed by atoms with Crippen LogP contribution in [0.5, 0.6) is 5.75 Å². The standard InChI is InChI=1S/C17H19N3O4S/c21-15(22)9-14-16(23)19-17(25-14)20-18-10-11-4-3-7-13(8-11)24-12-5-1-2-6-12/h3-4,7-8,10,12,14H,1-2,5-6,9H2,(H,21,22)(H,19,20,23). The maximum Gasteiger partial charge on any atom is 0.305 e. The van der Waals surface area contributed by atoms with Gasteiger partial charge in [-0.05, 0) is 43.4 Å². The number of nitrogens with zero attached hydrogens (tertiary/aromatic N) is 2. The first-order valence-corrected chi connectivity index (χ1v) is 9.05. The average molecular weight is 361 g/mol. The molecule has 0 spiro atoms. The number of carbonyl (C=O) groups is 2. The Morgan fingerprint density at radius 1 is 1.40 bits per heavy atom. The van der Waals surface area contributed by atoms with Crippen LogP contribution in [0.4, 0.5) is 0 Å². The number of amides is 1. The summed E-state index contributed by atoms with van der Waals surface area (Å²) in [5, 5.41) is 18.8. The summed E-state index contributed by atoms with van der Waals surface area (Å²) in [6.07, 6.45) is 6.26. The summed E-state index contributed by atoms with van der Waals surface area (Å²) in [6.45, 7) is 0. The van der Waals surface area contributed by atoms with Crippen molar-refractivity contribution in [2.24, 2.45) is 10.2 Å². The number of aliphatic carboxylic acids is 1. The first kappa shape index (κ1) is 17.5. The molecule has 1 aliphatic carbocycles. The van der Waals surface area contributed by atoms with E-state index in [4.69, 9.17) is 9.84 Å². The Balaban J connectivity index is 1.58. The molecule has 0 radical (unpaired) electrons. The highest BCUT2D eigenvalue weighted by Crippen LogP contribution is 2.24. The van der Waals surface area contributed by atoms with Crippen molar-refractivity contribution < 1.29 is 19.4 Å². The molecule has 0 aromatic heterocycles. The minimum Gasteiger partial charge on any atom is -0.490 e. The van der Waals surface area contributed by atoms with Crippen LogP contribution in [0.25, 0.3) is 0 Å². The molecule has 3 rings (SSSR count). The lowest BCUT2D eigenvalue weighted by Gasteiger charge is -2.12. The largest absolute Gasteiger partial charge is 0.490 e. The highest BCUT2D eigenvalue weighted by atomic mass is 32.2. The molecule has 1 unspecified atom stereocenters. The van der Waals surface area contributed by atoms with Crippen LogP contribution in [0.2, 0.25) is 0 Å². The lowest BCUT2D eigenvalue weighted by atomic mass is 10.2. The van der Waals surface area contributed by atoms with E-state index in [0.29, 0.717) is 11.3 Å². The highest BCUT2D eigenvalue weighted by molar-refractivity contribution is 8.15. The Kier molecular flexibility index (Phi) is 5.70. The molecular formula is C17H19N3O4S. The SMILES string of the molecule is O=C(O)CC1SC(=NN=Cc2cccc(OC3CCCC3)c2)NC1=O. The second-order valence-corrected chi connectivity index (χ2v) is 7.13. The molecule has 8 heteroatoms. The van der Waals surface area contributed by atoms with Gasteiger partial charge in [0.1, 0.15) is 11.0 Å². The third kappa shape index (κ3) is 5.06. The second-order valence-electron chi connectivity index (χ2n) is 5.94. The van der Waals surface area contributed by atoms with Crippen molar-refractivity contribution in [1.29, 1.82) is 0 Å². The predicted octanol–water partition coefficient (Wildman–Crippen LogP) is 2.40. The molecule has 25 heavy (non-hydrogen) atoms. The number of nitrogens with one attached hydrogen (secondary N) is 1. The lowest BCUT2D eigenvalue weighted by molar-refractivity contribution is -0.138. The Bertz CT molecular complexity index is 714. The third-order valence-corrected chi connectivity index (χ3v) is 5.03. The van der Waals surface area contributed by atoms with Crippen molar-refractivity contribution in [1.82, 2.24) is 5.32 Å². The number of amidine groups is 1. The number of benzene rings is 1. The van der Waals surface area contributed by atoms with Crippen LogP contribution in [0, 0.1) is 0 Å². The molecule has 1 saturated carbocycles. The third-order valence-electron chi connectivity index (χ3n) is 3.95. The maximum atomic E-state index is 11.6. The van der Waals surface area contributed by atoms with Crippen LogP contribution in [-0.2, 0) is 9.59 Å². The van der Waals surface area contributed by atoms with Gasteiger partial charge in [-0.3, -0.25) is 9.59 Å². The quantitative estimate of drug-likeness (QED) is 0.599. The van der Waals surface area contributed by atoms with Gasteiger partial charge in [0.05, 0.1) is 18.7 Å². The highest BCUT2D eigenvalue weighted by Gasteiger charge is 2.32. The van der Waals surface area contributed by atoms with Crippen LogP contribution in [-0.4, -0.2) is 39.7 Å². The summed E-state index contributed by atoms with van der Waals surface area (Å²) in [6, 6.07) is 7.60. The van der Waals surface area contributed by atoms with Gasteiger partial charge in [-0.25, -0.2) is 0 Å². The van der Waals surface area contributed by atoms with Gasteiger partial charge in [-0.1, -0.05) is 23.9 Å². The molecule has 1 saturated heterocycles. The summed E-state index contributed by atoms with van der Waals surface area (Å²) < 4.78 is 5.95. The van der Waals surface area contributed by atoms with Crippen LogP contribution < -0.4 is 10.1 Å². The number of thioether (sulfide) groups is 1. The molecule has 2 N–H and O–H groups in total. The van der Waals surface area contributed by atoms with Crippen LogP contribution in [0.15, 0.2) is 34.5 Å². The van der Waals surface area contributed by atoms with Crippen LogP contribution in [0.3, 0.4) is 0 Å². The predicted molar refractivity (Wildman–Crippen MR) is 96.1 cm³/mol. The molecule has 1 heterocycles. The molecule has 2 fully saturated rings. The van der Waals surface area contributed by atoms with E-state index in [1.165, 1.54) is 12.8 Å². The molecule has 7 nitrogen and oxygen atoms in total. The van der Waals surface area contributed by atoms with E-state index in [1.807, 2.05) is 24.3 Å². The fourth-order valence-electron chi connectivity index (χ4n) is 2.76. The molecular weight excluding hydrogens is 342 g/mol. The molecule has 2 aliphatic rings. The minimum absolute atomic E-state index is 0.236. The molecule has 1 aromatic carbocycles. The number of ether oxygens (including phenoxy) is 1. The van der Waals surface area contributed by atoms with Gasteiger partial charge < -0.3 is 15.2 Å². The van der Waals surface area contributed by atoms with Crippen molar-refractivity contribution in [3.8, 4) is 5.75 Å². The van der Waals surface area contributed by atoms with Crippen molar-refractivity contribution in [3.05, 3.63) is 29.8 Å². The molecule has 1 amide bonds. The van der Waals surface area contributed by atoms with Crippen LogP contribution in [0.1, 0.15) is 37.7 Å². The number of hydrogen-bond acceptors (Lipinski definition) is 6. The molecule has 1 aliphatic heterocycles. The van der Waals surface area contributed by atoms with Gasteiger partial charge in [0, 0.05) is 0 Å². The topological polar surface area (TPSA) is 100 Å². The van der Waals surface area contributed by atoms with Crippen molar-refractivity contribution in [2.45, 2.75) is 43.5 Å². The first-order valence-electron chi connectivity index (χ1n) is 8.17. The van der Waals surface area contributed by atoms with Gasteiger partial charge in [-0.15, -0.1) is 5.10 Å². The Morgan fingerprint density at radius 3 is 2.96 bits per heavy atom. The summed E-state index contributed by atoms with van der Waals surface area (Å²) in [5.41, 5.74) is 0.844. The Hall–Kier alpha value is -2.35. The fourth-order valence-corrected chi connectivity index (χ4v) is 3.68. The lowest BCUT2D eigenvalue weighted by Crippen LogP contribution is -2.26. The molecule has 1 aromatic rings. The Morgan fingerprint density at radius 2 is 2.20 bits per heavy atom. The summed E-state index contributed by atoms with van der Waals surface area (Å²) in [5.74, 6) is -0.557. The van der Waals surface area contributed by atoms with Gasteiger partial charge >= 0.3 is 5.97 Å². The van der Waals surface area contributed by atoms with E-state index in [2.05, 4.69) is 15.5 Å². The Labute approximate surface area is 149 Å². The number of rotatable bonds is 6. The summed E-state index contributed by atoms with van der Waals surface area (Å²) in [7, 11) is 0. The number of carboxylic acid groups (broad SMARTS) is 1. The second kappa shape index (κ2) is 8.15. The maximum absolute atomic E-state index is 11.6. The summed E-state index contributed by atoms with van der Waals surface area (Å²) >= 11 is 1.08. The van der Waals surface area contributed by atoms with Crippen molar-refractivity contribution in [2.75, 3.05) is 0 Å². The number of carboxylic acids is 1. The van der Waals surface area contributed by atoms with E-state index in [1.54, 1.807) is 6.21 Å². The van der Waals surface area contributed by atoms with E-state index in [9.17, 15) is 9.59 Å². The fraction of sp³-hybridized carbons (Fsp3) is 0.412. The van der Waals surface area contributed by atoms with Crippen molar-refractivity contribution in [3.63, 3.8) is 0 Å². The van der Waals surface area contributed by atoms with E-state index in [-0.39, 0.29) is 12.3 Å². The van der Waals surface area contributed by atoms with Crippen molar-refractivity contribution >= 4 is 35.0 Å². The minimum atomic E-state index is -1.02. The molecule has 0 bridgehead atoms. The van der Waals surface area contributed by atoms with E-state index >= 15 is 0 Å². The average Bonchev–Trinajstić information content (AvgIpc) is 3.18.